The SMILES string of the molecule is CN=Cc1cnn2cc(OCc3ncco3)cc(-c3ccc(N4CCNCC4)nc3)c12. The molecule has 9 nitrogen and oxygen atoms in total. The molecule has 0 radical (unpaired) electrons. The molecular formula is C22H23N7O2. The number of nitrogens with one attached hydrogen (secondary N) is 1. The zero-order valence-corrected chi connectivity index (χ0v) is 17.2. The Morgan fingerprint density at radius 3 is 2.87 bits per heavy atom. The summed E-state index contributed by atoms with van der Waals surface area (Å²) in [5, 5.41) is 7.86. The first-order chi connectivity index (χ1) is 15.3. The Kier molecular flexibility index (Phi) is 5.32. The van der Waals surface area contributed by atoms with Crippen LogP contribution in [-0.4, -0.2) is 59.0 Å². The van der Waals surface area contributed by atoms with Gasteiger partial charge in [-0.15, -0.1) is 0 Å². The molecule has 31 heavy (non-hydrogen) atoms. The molecule has 0 saturated carbocycles. The summed E-state index contributed by atoms with van der Waals surface area (Å²) in [6.45, 7) is 4.11. The number of fused-ring (bicyclic) bond motifs is 1. The zero-order valence-electron chi connectivity index (χ0n) is 17.2. The highest BCUT2D eigenvalue weighted by Gasteiger charge is 2.15. The van der Waals surface area contributed by atoms with Crippen LogP contribution in [0.5, 0.6) is 5.75 Å². The molecule has 0 bridgehead atoms. The standard InChI is InChI=1S/C22H23N7O2/c1-23-11-17-13-27-29-14-18(31-15-21-25-6-9-30-21)10-19(22(17)29)16-2-3-20(26-12-16)28-7-4-24-5-8-28/h2-3,6,9-14,24H,4-5,7-8,15H2,1H3. The molecule has 0 amide bonds. The Labute approximate surface area is 179 Å². The first-order valence-electron chi connectivity index (χ1n) is 10.2. The van der Waals surface area contributed by atoms with Gasteiger partial charge in [-0.25, -0.2) is 14.5 Å². The van der Waals surface area contributed by atoms with E-state index in [4.69, 9.17) is 14.1 Å². The lowest BCUT2D eigenvalue weighted by Gasteiger charge is -2.28. The highest BCUT2D eigenvalue weighted by Crippen LogP contribution is 2.31. The molecule has 0 unspecified atom stereocenters. The van der Waals surface area contributed by atoms with E-state index in [0.717, 1.165) is 54.2 Å². The van der Waals surface area contributed by atoms with E-state index in [9.17, 15) is 0 Å². The van der Waals surface area contributed by atoms with E-state index >= 15 is 0 Å². The van der Waals surface area contributed by atoms with E-state index in [2.05, 4.69) is 37.4 Å². The van der Waals surface area contributed by atoms with Crippen LogP contribution in [0.15, 0.2) is 58.7 Å². The number of anilines is 1. The van der Waals surface area contributed by atoms with E-state index in [-0.39, 0.29) is 6.61 Å². The van der Waals surface area contributed by atoms with Gasteiger partial charge in [-0.3, -0.25) is 4.99 Å². The maximum Gasteiger partial charge on any atom is 0.232 e. The van der Waals surface area contributed by atoms with Crippen LogP contribution in [0.2, 0.25) is 0 Å². The molecule has 158 valence electrons. The number of rotatable bonds is 6. The Balaban J connectivity index is 1.52. The van der Waals surface area contributed by atoms with Crippen molar-refractivity contribution in [1.29, 1.82) is 0 Å². The number of pyridine rings is 2. The van der Waals surface area contributed by atoms with Crippen molar-refractivity contribution in [3.8, 4) is 16.9 Å². The van der Waals surface area contributed by atoms with Gasteiger partial charge in [0.1, 0.15) is 17.8 Å². The summed E-state index contributed by atoms with van der Waals surface area (Å²) in [6.07, 6.45) is 10.5. The van der Waals surface area contributed by atoms with Gasteiger partial charge in [-0.2, -0.15) is 5.10 Å². The van der Waals surface area contributed by atoms with Crippen LogP contribution in [0.3, 0.4) is 0 Å². The number of nitrogens with zero attached hydrogens (tertiary/aromatic N) is 6. The van der Waals surface area contributed by atoms with Crippen molar-refractivity contribution in [2.24, 2.45) is 4.99 Å². The fraction of sp³-hybridized carbons (Fsp3) is 0.273. The largest absolute Gasteiger partial charge is 0.482 e. The number of aromatic nitrogens is 4. The van der Waals surface area contributed by atoms with Crippen LogP contribution < -0.4 is 15.0 Å². The van der Waals surface area contributed by atoms with Gasteiger partial charge in [0.05, 0.1) is 24.1 Å². The Morgan fingerprint density at radius 1 is 1.23 bits per heavy atom. The predicted molar refractivity (Wildman–Crippen MR) is 118 cm³/mol. The van der Waals surface area contributed by atoms with Gasteiger partial charge in [-0.1, -0.05) is 0 Å². The highest BCUT2D eigenvalue weighted by molar-refractivity contribution is 5.96. The molecule has 0 aliphatic carbocycles. The number of hydrogen-bond donors (Lipinski definition) is 1. The van der Waals surface area contributed by atoms with E-state index in [1.807, 2.05) is 29.2 Å². The molecule has 4 aromatic rings. The van der Waals surface area contributed by atoms with E-state index in [1.165, 1.54) is 6.26 Å². The van der Waals surface area contributed by atoms with Gasteiger partial charge in [-0.05, 0) is 18.2 Å². The Hall–Kier alpha value is -3.72. The van der Waals surface area contributed by atoms with Crippen LogP contribution in [-0.2, 0) is 6.61 Å². The molecule has 0 spiro atoms. The summed E-state index contributed by atoms with van der Waals surface area (Å²) in [6, 6.07) is 6.16. The second kappa shape index (κ2) is 8.57. The minimum absolute atomic E-state index is 0.239. The monoisotopic (exact) mass is 417 g/mol. The number of piperazine rings is 1. The normalized spacial score (nSPS) is 14.5. The van der Waals surface area contributed by atoms with Crippen LogP contribution in [0, 0.1) is 0 Å². The molecule has 5 rings (SSSR count). The lowest BCUT2D eigenvalue weighted by molar-refractivity contribution is 0.262. The Bertz CT molecular complexity index is 1180. The molecule has 5 heterocycles. The highest BCUT2D eigenvalue weighted by atomic mass is 16.5. The van der Waals surface area contributed by atoms with Crippen LogP contribution >= 0.6 is 0 Å². The lowest BCUT2D eigenvalue weighted by atomic mass is 10.1. The van der Waals surface area contributed by atoms with Crippen molar-refractivity contribution in [3.05, 3.63) is 60.7 Å². The van der Waals surface area contributed by atoms with Gasteiger partial charge >= 0.3 is 0 Å². The third-order valence-electron chi connectivity index (χ3n) is 5.23. The zero-order chi connectivity index (χ0) is 21.0. The second-order valence-corrected chi connectivity index (χ2v) is 7.23. The quantitative estimate of drug-likeness (QED) is 0.482. The summed E-state index contributed by atoms with van der Waals surface area (Å²) >= 11 is 0. The van der Waals surface area contributed by atoms with Gasteiger partial charge in [0.2, 0.25) is 5.89 Å². The van der Waals surface area contributed by atoms with Crippen molar-refractivity contribution in [2.75, 3.05) is 38.1 Å². The van der Waals surface area contributed by atoms with Gasteiger partial charge < -0.3 is 19.4 Å². The van der Waals surface area contributed by atoms with Crippen molar-refractivity contribution in [2.45, 2.75) is 6.61 Å². The molecule has 1 N–H and O–H groups in total. The third-order valence-corrected chi connectivity index (χ3v) is 5.23. The topological polar surface area (TPSA) is 93.1 Å². The third kappa shape index (κ3) is 3.99. The molecule has 1 saturated heterocycles. The van der Waals surface area contributed by atoms with Gasteiger partial charge in [0, 0.05) is 62.3 Å². The minimum atomic E-state index is 0.239. The summed E-state index contributed by atoms with van der Waals surface area (Å²) in [5.74, 6) is 2.17. The first-order valence-corrected chi connectivity index (χ1v) is 10.2. The molecular weight excluding hydrogens is 394 g/mol. The van der Waals surface area contributed by atoms with Gasteiger partial charge in [0.25, 0.3) is 0 Å². The second-order valence-electron chi connectivity index (χ2n) is 7.23. The maximum atomic E-state index is 5.92. The first kappa shape index (κ1) is 19.3. The molecule has 0 aromatic carbocycles. The fourth-order valence-corrected chi connectivity index (χ4v) is 3.75. The summed E-state index contributed by atoms with van der Waals surface area (Å²) in [5.41, 5.74) is 3.84. The summed E-state index contributed by atoms with van der Waals surface area (Å²) in [4.78, 5) is 15.3. The fourth-order valence-electron chi connectivity index (χ4n) is 3.75. The molecule has 0 atom stereocenters. The molecule has 4 aromatic heterocycles. The van der Waals surface area contributed by atoms with E-state index in [1.54, 1.807) is 19.4 Å². The summed E-state index contributed by atoms with van der Waals surface area (Å²) < 4.78 is 13.0. The molecule has 1 aliphatic rings. The minimum Gasteiger partial charge on any atom is -0.482 e. The van der Waals surface area contributed by atoms with Gasteiger partial charge in [0.15, 0.2) is 6.61 Å². The molecule has 9 heteroatoms. The van der Waals surface area contributed by atoms with Crippen molar-refractivity contribution >= 4 is 17.5 Å². The number of ether oxygens (including phenoxy) is 1. The molecule has 1 aliphatic heterocycles. The predicted octanol–water partition coefficient (Wildman–Crippen LogP) is 2.42. The average molecular weight is 417 g/mol. The maximum absolute atomic E-state index is 5.92. The van der Waals surface area contributed by atoms with Crippen molar-refractivity contribution in [3.63, 3.8) is 0 Å². The van der Waals surface area contributed by atoms with E-state index in [0.29, 0.717) is 11.6 Å². The molecule has 1 fully saturated rings. The number of aliphatic imine (C=N–C) groups is 1. The summed E-state index contributed by atoms with van der Waals surface area (Å²) in [7, 11) is 1.75. The van der Waals surface area contributed by atoms with Crippen LogP contribution in [0.1, 0.15) is 11.5 Å². The van der Waals surface area contributed by atoms with E-state index < -0.39 is 0 Å². The van der Waals surface area contributed by atoms with Crippen LogP contribution in [0.25, 0.3) is 16.6 Å². The van der Waals surface area contributed by atoms with Crippen molar-refractivity contribution < 1.29 is 9.15 Å². The smallest absolute Gasteiger partial charge is 0.232 e. The van der Waals surface area contributed by atoms with Crippen molar-refractivity contribution in [1.82, 2.24) is 24.9 Å². The number of oxazole rings is 1. The number of hydrogen-bond acceptors (Lipinski definition) is 8. The lowest BCUT2D eigenvalue weighted by Crippen LogP contribution is -2.43. The Morgan fingerprint density at radius 2 is 2.13 bits per heavy atom. The van der Waals surface area contributed by atoms with Crippen LogP contribution in [0.4, 0.5) is 5.82 Å². The average Bonchev–Trinajstić information content (AvgIpc) is 3.48.